The molecule has 0 aromatic heterocycles. The van der Waals surface area contributed by atoms with Gasteiger partial charge in [0.2, 0.25) is 0 Å². The summed E-state index contributed by atoms with van der Waals surface area (Å²) in [5.74, 6) is -1.81. The molecule has 2 aromatic rings. The van der Waals surface area contributed by atoms with Crippen molar-refractivity contribution in [2.75, 3.05) is 0 Å². The fraction of sp³-hybridized carbons (Fsp3) is 0.133. The molecule has 0 spiro atoms. The lowest BCUT2D eigenvalue weighted by atomic mass is 10.1. The van der Waals surface area contributed by atoms with Crippen LogP contribution >= 0.6 is 11.6 Å². The van der Waals surface area contributed by atoms with E-state index in [1.807, 2.05) is 0 Å². The summed E-state index contributed by atoms with van der Waals surface area (Å²) in [7, 11) is 0. The van der Waals surface area contributed by atoms with E-state index in [0.717, 1.165) is 11.6 Å². The molecule has 0 aliphatic heterocycles. The Hall–Kier alpha value is -2.07. The van der Waals surface area contributed by atoms with Crippen molar-refractivity contribution in [3.8, 4) is 5.75 Å². The average Bonchev–Trinajstić information content (AvgIpc) is 2.39. The molecule has 0 aliphatic rings. The van der Waals surface area contributed by atoms with Crippen LogP contribution in [-0.2, 0) is 0 Å². The zero-order valence-electron chi connectivity index (χ0n) is 10.7. The molecule has 0 saturated carbocycles. The van der Waals surface area contributed by atoms with Crippen LogP contribution in [0.1, 0.15) is 28.9 Å². The van der Waals surface area contributed by atoms with Gasteiger partial charge in [-0.2, -0.15) is 0 Å². The SMILES string of the molecule is CC(NC(=O)c1c(O)cccc1F)c1ccc(Cl)cc1. The Labute approximate surface area is 121 Å². The largest absolute Gasteiger partial charge is 0.507 e. The summed E-state index contributed by atoms with van der Waals surface area (Å²) >= 11 is 5.79. The number of hydrogen-bond acceptors (Lipinski definition) is 2. The molecule has 20 heavy (non-hydrogen) atoms. The van der Waals surface area contributed by atoms with E-state index in [-0.39, 0.29) is 17.4 Å². The Bertz CT molecular complexity index is 608. The standard InChI is InChI=1S/C15H13ClFNO2/c1-9(10-5-7-11(16)8-6-10)18-15(20)14-12(17)3-2-4-13(14)19/h2-9,19H,1H3,(H,18,20). The minimum atomic E-state index is -0.759. The topological polar surface area (TPSA) is 49.3 Å². The van der Waals surface area contributed by atoms with E-state index < -0.39 is 11.7 Å². The van der Waals surface area contributed by atoms with Crippen LogP contribution in [0.15, 0.2) is 42.5 Å². The summed E-state index contributed by atoms with van der Waals surface area (Å²) in [6, 6.07) is 10.4. The highest BCUT2D eigenvalue weighted by atomic mass is 35.5. The summed E-state index contributed by atoms with van der Waals surface area (Å²) in [5, 5.41) is 12.8. The predicted molar refractivity (Wildman–Crippen MR) is 75.4 cm³/mol. The summed E-state index contributed by atoms with van der Waals surface area (Å²) in [6.45, 7) is 1.76. The van der Waals surface area contributed by atoms with Crippen LogP contribution in [0.3, 0.4) is 0 Å². The molecule has 2 aromatic carbocycles. The van der Waals surface area contributed by atoms with Gasteiger partial charge >= 0.3 is 0 Å². The van der Waals surface area contributed by atoms with Gasteiger partial charge in [-0.05, 0) is 36.8 Å². The molecule has 0 heterocycles. The Morgan fingerprint density at radius 3 is 2.50 bits per heavy atom. The fourth-order valence-electron chi connectivity index (χ4n) is 1.84. The molecule has 2 rings (SSSR count). The first-order valence-electron chi connectivity index (χ1n) is 6.03. The summed E-state index contributed by atoms with van der Waals surface area (Å²) in [5.41, 5.74) is 0.479. The molecule has 0 aliphatic carbocycles. The van der Waals surface area contributed by atoms with E-state index in [0.29, 0.717) is 5.02 Å². The molecule has 0 bridgehead atoms. The maximum atomic E-state index is 13.6. The highest BCUT2D eigenvalue weighted by molar-refractivity contribution is 6.30. The smallest absolute Gasteiger partial charge is 0.258 e. The van der Waals surface area contributed by atoms with Gasteiger partial charge in [0.15, 0.2) is 0 Å². The van der Waals surface area contributed by atoms with Crippen LogP contribution < -0.4 is 5.32 Å². The number of carbonyl (C=O) groups excluding carboxylic acids is 1. The quantitative estimate of drug-likeness (QED) is 0.907. The second-order valence-corrected chi connectivity index (χ2v) is 4.82. The van der Waals surface area contributed by atoms with E-state index in [2.05, 4.69) is 5.32 Å². The molecular formula is C15H13ClFNO2. The molecule has 2 N–H and O–H groups in total. The maximum absolute atomic E-state index is 13.6. The van der Waals surface area contributed by atoms with E-state index >= 15 is 0 Å². The second kappa shape index (κ2) is 5.92. The number of aromatic hydroxyl groups is 1. The minimum Gasteiger partial charge on any atom is -0.507 e. The number of carbonyl (C=O) groups is 1. The van der Waals surface area contributed by atoms with Crippen molar-refractivity contribution in [3.05, 3.63) is 64.4 Å². The van der Waals surface area contributed by atoms with Crippen molar-refractivity contribution in [1.82, 2.24) is 5.32 Å². The first kappa shape index (κ1) is 14.3. The lowest BCUT2D eigenvalue weighted by molar-refractivity contribution is 0.0933. The fourth-order valence-corrected chi connectivity index (χ4v) is 1.97. The van der Waals surface area contributed by atoms with Crippen LogP contribution in [0.25, 0.3) is 0 Å². The molecule has 0 radical (unpaired) electrons. The number of hydrogen-bond donors (Lipinski definition) is 2. The van der Waals surface area contributed by atoms with Gasteiger partial charge < -0.3 is 10.4 Å². The van der Waals surface area contributed by atoms with Crippen LogP contribution in [-0.4, -0.2) is 11.0 Å². The average molecular weight is 294 g/mol. The summed E-state index contributed by atoms with van der Waals surface area (Å²) < 4.78 is 13.6. The van der Waals surface area contributed by atoms with Crippen LogP contribution in [0.5, 0.6) is 5.75 Å². The molecule has 1 amide bonds. The Morgan fingerprint density at radius 2 is 1.90 bits per heavy atom. The molecular weight excluding hydrogens is 281 g/mol. The van der Waals surface area contributed by atoms with Gasteiger partial charge in [-0.25, -0.2) is 4.39 Å². The van der Waals surface area contributed by atoms with Crippen molar-refractivity contribution in [2.24, 2.45) is 0 Å². The van der Waals surface area contributed by atoms with Crippen LogP contribution in [0, 0.1) is 5.82 Å². The van der Waals surface area contributed by atoms with E-state index in [1.165, 1.54) is 12.1 Å². The van der Waals surface area contributed by atoms with Gasteiger partial charge in [0, 0.05) is 5.02 Å². The number of phenolic OH excluding ortho intramolecular Hbond substituents is 1. The lowest BCUT2D eigenvalue weighted by Gasteiger charge is -2.15. The minimum absolute atomic E-state index is 0.334. The van der Waals surface area contributed by atoms with E-state index in [1.54, 1.807) is 31.2 Å². The van der Waals surface area contributed by atoms with Crippen molar-refractivity contribution in [1.29, 1.82) is 0 Å². The van der Waals surface area contributed by atoms with E-state index in [9.17, 15) is 14.3 Å². The first-order chi connectivity index (χ1) is 9.49. The zero-order chi connectivity index (χ0) is 14.7. The molecule has 3 nitrogen and oxygen atoms in total. The Kier molecular flexibility index (Phi) is 4.25. The number of nitrogens with one attached hydrogen (secondary N) is 1. The zero-order valence-corrected chi connectivity index (χ0v) is 11.5. The number of amides is 1. The number of rotatable bonds is 3. The maximum Gasteiger partial charge on any atom is 0.258 e. The molecule has 0 saturated heterocycles. The number of halogens is 2. The number of phenols is 1. The highest BCUT2D eigenvalue weighted by Crippen LogP contribution is 2.22. The third kappa shape index (κ3) is 3.08. The van der Waals surface area contributed by atoms with Crippen LogP contribution in [0.2, 0.25) is 5.02 Å². The van der Waals surface area contributed by atoms with Crippen molar-refractivity contribution >= 4 is 17.5 Å². The van der Waals surface area contributed by atoms with Crippen molar-refractivity contribution in [3.63, 3.8) is 0 Å². The predicted octanol–water partition coefficient (Wildman–Crippen LogP) is 3.68. The molecule has 1 unspecified atom stereocenters. The van der Waals surface area contributed by atoms with Gasteiger partial charge in [-0.1, -0.05) is 29.8 Å². The van der Waals surface area contributed by atoms with Crippen molar-refractivity contribution < 1.29 is 14.3 Å². The number of benzene rings is 2. The van der Waals surface area contributed by atoms with Crippen LogP contribution in [0.4, 0.5) is 4.39 Å². The summed E-state index contributed by atoms with van der Waals surface area (Å²) in [6.07, 6.45) is 0. The van der Waals surface area contributed by atoms with E-state index in [4.69, 9.17) is 11.6 Å². The van der Waals surface area contributed by atoms with Crippen molar-refractivity contribution in [2.45, 2.75) is 13.0 Å². The Balaban J connectivity index is 2.17. The van der Waals surface area contributed by atoms with Gasteiger partial charge in [-0.3, -0.25) is 4.79 Å². The normalized spacial score (nSPS) is 11.9. The first-order valence-corrected chi connectivity index (χ1v) is 6.40. The lowest BCUT2D eigenvalue weighted by Crippen LogP contribution is -2.27. The monoisotopic (exact) mass is 293 g/mol. The summed E-state index contributed by atoms with van der Waals surface area (Å²) in [4.78, 5) is 12.0. The molecule has 0 fully saturated rings. The highest BCUT2D eigenvalue weighted by Gasteiger charge is 2.18. The van der Waals surface area contributed by atoms with Gasteiger partial charge in [0.25, 0.3) is 5.91 Å². The third-order valence-corrected chi connectivity index (χ3v) is 3.19. The third-order valence-electron chi connectivity index (χ3n) is 2.94. The van der Waals surface area contributed by atoms with Gasteiger partial charge in [0.1, 0.15) is 17.1 Å². The molecule has 1 atom stereocenters. The van der Waals surface area contributed by atoms with Gasteiger partial charge in [-0.15, -0.1) is 0 Å². The molecule has 5 heteroatoms. The van der Waals surface area contributed by atoms with Gasteiger partial charge in [0.05, 0.1) is 6.04 Å². The molecule has 104 valence electrons. The Morgan fingerprint density at radius 1 is 1.25 bits per heavy atom. The second-order valence-electron chi connectivity index (χ2n) is 4.38.